The zero-order chi connectivity index (χ0) is 19.0. The monoisotopic (exact) mass is 373 g/mol. The summed E-state index contributed by atoms with van der Waals surface area (Å²) in [6.45, 7) is 2.63. The molecule has 5 nitrogen and oxygen atoms in total. The third-order valence-corrected chi connectivity index (χ3v) is 5.92. The Labute approximate surface area is 164 Å². The number of fused-ring (bicyclic) bond motifs is 2. The Hall–Kier alpha value is -2.76. The Morgan fingerprint density at radius 3 is 2.86 bits per heavy atom. The number of likely N-dealkylation sites (tertiary alicyclic amines) is 1. The number of carbonyl (C=O) groups is 1. The Bertz CT molecular complexity index is 1010. The summed E-state index contributed by atoms with van der Waals surface area (Å²) in [5.41, 5.74) is 2.91. The summed E-state index contributed by atoms with van der Waals surface area (Å²) in [6, 6.07) is 20.6. The van der Waals surface area contributed by atoms with Gasteiger partial charge >= 0.3 is 0 Å². The molecule has 2 saturated heterocycles. The van der Waals surface area contributed by atoms with Gasteiger partial charge in [0.25, 0.3) is 0 Å². The molecule has 2 aromatic carbocycles. The van der Waals surface area contributed by atoms with E-state index in [1.807, 2.05) is 42.6 Å². The number of piperidine rings is 1. The Balaban J connectivity index is 1.38. The van der Waals surface area contributed by atoms with Crippen molar-refractivity contribution in [1.82, 2.24) is 15.2 Å². The van der Waals surface area contributed by atoms with Gasteiger partial charge in [0.2, 0.25) is 5.91 Å². The van der Waals surface area contributed by atoms with E-state index in [0.717, 1.165) is 42.5 Å². The molecule has 2 fully saturated rings. The highest BCUT2D eigenvalue weighted by Crippen LogP contribution is 2.37. The molecule has 3 aromatic rings. The third kappa shape index (κ3) is 3.07. The van der Waals surface area contributed by atoms with E-state index in [9.17, 15) is 4.79 Å². The molecule has 5 rings (SSSR count). The van der Waals surface area contributed by atoms with Crippen LogP contribution in [-0.2, 0) is 21.6 Å². The fourth-order valence-electron chi connectivity index (χ4n) is 4.52. The van der Waals surface area contributed by atoms with Gasteiger partial charge in [0.1, 0.15) is 6.61 Å². The summed E-state index contributed by atoms with van der Waals surface area (Å²) in [4.78, 5) is 19.1. The van der Waals surface area contributed by atoms with E-state index in [1.54, 1.807) is 0 Å². The van der Waals surface area contributed by atoms with Crippen LogP contribution in [-0.4, -0.2) is 41.6 Å². The van der Waals surface area contributed by atoms with E-state index in [4.69, 9.17) is 4.74 Å². The lowest BCUT2D eigenvalue weighted by atomic mass is 9.77. The molecule has 5 heteroatoms. The normalized spacial score (nSPS) is 25.3. The minimum absolute atomic E-state index is 0.0349. The molecule has 0 unspecified atom stereocenters. The lowest BCUT2D eigenvalue weighted by molar-refractivity contribution is -0.152. The molecular formula is C23H23N3O2. The first-order valence-corrected chi connectivity index (χ1v) is 9.77. The number of hydrogen-bond donors (Lipinski definition) is 1. The van der Waals surface area contributed by atoms with Crippen LogP contribution in [0.5, 0.6) is 0 Å². The smallest absolute Gasteiger partial charge is 0.246 e. The summed E-state index contributed by atoms with van der Waals surface area (Å²) in [5.74, 6) is -0.0349. The maximum atomic E-state index is 12.1. The van der Waals surface area contributed by atoms with Crippen LogP contribution in [0.15, 0.2) is 66.9 Å². The van der Waals surface area contributed by atoms with E-state index >= 15 is 0 Å². The standard InChI is InChI=1S/C23H23N3O2/c27-22-16-28-21-15-26(11-10-23(21,25-22)19-7-2-1-3-8-19)14-17-12-18-6-4-5-9-20(18)24-13-17/h1-9,12-13,21H,10-11,14-16H2,(H,25,27)/t21-,23+/m1/s1. The van der Waals surface area contributed by atoms with Crippen molar-refractivity contribution in [2.24, 2.45) is 0 Å². The molecule has 0 saturated carbocycles. The number of benzene rings is 2. The van der Waals surface area contributed by atoms with Gasteiger partial charge in [-0.05, 0) is 29.7 Å². The average Bonchev–Trinajstić information content (AvgIpc) is 2.74. The number of ether oxygens (including phenoxy) is 1. The van der Waals surface area contributed by atoms with Gasteiger partial charge in [-0.1, -0.05) is 48.5 Å². The Kier molecular flexibility index (Phi) is 4.34. The summed E-state index contributed by atoms with van der Waals surface area (Å²) >= 11 is 0. The number of hydrogen-bond acceptors (Lipinski definition) is 4. The predicted octanol–water partition coefficient (Wildman–Crippen LogP) is 2.85. The highest BCUT2D eigenvalue weighted by Gasteiger charge is 2.48. The number of rotatable bonds is 3. The zero-order valence-electron chi connectivity index (χ0n) is 15.7. The number of aromatic nitrogens is 1. The lowest BCUT2D eigenvalue weighted by Crippen LogP contribution is -2.66. The van der Waals surface area contributed by atoms with Crippen LogP contribution in [0.2, 0.25) is 0 Å². The van der Waals surface area contributed by atoms with Crippen LogP contribution in [0.1, 0.15) is 17.5 Å². The van der Waals surface area contributed by atoms with Gasteiger partial charge in [-0.15, -0.1) is 0 Å². The van der Waals surface area contributed by atoms with Crippen LogP contribution < -0.4 is 5.32 Å². The molecule has 2 aliphatic rings. The molecule has 2 atom stereocenters. The van der Waals surface area contributed by atoms with E-state index < -0.39 is 5.54 Å². The summed E-state index contributed by atoms with van der Waals surface area (Å²) in [7, 11) is 0. The molecule has 0 radical (unpaired) electrons. The number of morpholine rings is 1. The predicted molar refractivity (Wildman–Crippen MR) is 108 cm³/mol. The van der Waals surface area contributed by atoms with Gasteiger partial charge in [-0.2, -0.15) is 0 Å². The van der Waals surface area contributed by atoms with Crippen molar-refractivity contribution in [1.29, 1.82) is 0 Å². The van der Waals surface area contributed by atoms with Crippen LogP contribution in [0.25, 0.3) is 10.9 Å². The van der Waals surface area contributed by atoms with Gasteiger partial charge in [0, 0.05) is 31.2 Å². The second-order valence-electron chi connectivity index (χ2n) is 7.71. The number of nitrogens with one attached hydrogen (secondary N) is 1. The van der Waals surface area contributed by atoms with Crippen LogP contribution in [0.4, 0.5) is 0 Å². The summed E-state index contributed by atoms with van der Waals surface area (Å²) < 4.78 is 6.02. The molecule has 1 aromatic heterocycles. The topological polar surface area (TPSA) is 54.5 Å². The van der Waals surface area contributed by atoms with Gasteiger partial charge < -0.3 is 10.1 Å². The van der Waals surface area contributed by atoms with E-state index in [1.165, 1.54) is 5.56 Å². The minimum atomic E-state index is -0.436. The highest BCUT2D eigenvalue weighted by atomic mass is 16.5. The number of nitrogens with zero attached hydrogens (tertiary/aromatic N) is 2. The van der Waals surface area contributed by atoms with Crippen molar-refractivity contribution in [3.63, 3.8) is 0 Å². The molecule has 3 heterocycles. The van der Waals surface area contributed by atoms with Gasteiger partial charge in [-0.3, -0.25) is 14.7 Å². The number of para-hydroxylation sites is 1. The first kappa shape index (κ1) is 17.3. The molecular weight excluding hydrogens is 350 g/mol. The van der Waals surface area contributed by atoms with Gasteiger partial charge in [0.05, 0.1) is 17.2 Å². The fraction of sp³-hybridized carbons (Fsp3) is 0.304. The Morgan fingerprint density at radius 2 is 1.96 bits per heavy atom. The largest absolute Gasteiger partial charge is 0.364 e. The van der Waals surface area contributed by atoms with Crippen molar-refractivity contribution >= 4 is 16.8 Å². The quantitative estimate of drug-likeness (QED) is 0.767. The number of pyridine rings is 1. The molecule has 142 valence electrons. The van der Waals surface area contributed by atoms with Gasteiger partial charge in [0.15, 0.2) is 0 Å². The average molecular weight is 373 g/mol. The second kappa shape index (κ2) is 7.00. The van der Waals surface area contributed by atoms with E-state index in [0.29, 0.717) is 0 Å². The van der Waals surface area contributed by atoms with Crippen LogP contribution in [0, 0.1) is 0 Å². The zero-order valence-corrected chi connectivity index (χ0v) is 15.7. The Morgan fingerprint density at radius 1 is 1.14 bits per heavy atom. The third-order valence-electron chi connectivity index (χ3n) is 5.92. The van der Waals surface area contributed by atoms with Crippen molar-refractivity contribution in [2.45, 2.75) is 24.6 Å². The molecule has 28 heavy (non-hydrogen) atoms. The van der Waals surface area contributed by atoms with Crippen molar-refractivity contribution < 1.29 is 9.53 Å². The first-order valence-electron chi connectivity index (χ1n) is 9.77. The lowest BCUT2D eigenvalue weighted by Gasteiger charge is -2.50. The minimum Gasteiger partial charge on any atom is -0.364 e. The molecule has 2 aliphatic heterocycles. The van der Waals surface area contributed by atoms with Crippen molar-refractivity contribution in [3.8, 4) is 0 Å². The van der Waals surface area contributed by atoms with Crippen LogP contribution in [0.3, 0.4) is 0 Å². The van der Waals surface area contributed by atoms with Crippen LogP contribution >= 0.6 is 0 Å². The summed E-state index contributed by atoms with van der Waals surface area (Å²) in [6.07, 6.45) is 2.73. The number of carbonyl (C=O) groups excluding carboxylic acids is 1. The second-order valence-corrected chi connectivity index (χ2v) is 7.71. The maximum absolute atomic E-state index is 12.1. The molecule has 0 bridgehead atoms. The maximum Gasteiger partial charge on any atom is 0.246 e. The molecule has 0 spiro atoms. The summed E-state index contributed by atoms with van der Waals surface area (Å²) in [5, 5.41) is 4.42. The van der Waals surface area contributed by atoms with Crippen molar-refractivity contribution in [2.75, 3.05) is 19.7 Å². The van der Waals surface area contributed by atoms with Crippen molar-refractivity contribution in [3.05, 3.63) is 78.0 Å². The molecule has 1 amide bonds. The van der Waals surface area contributed by atoms with Gasteiger partial charge in [-0.25, -0.2) is 0 Å². The highest BCUT2D eigenvalue weighted by molar-refractivity contribution is 5.79. The molecule has 1 N–H and O–H groups in total. The molecule has 0 aliphatic carbocycles. The SMILES string of the molecule is O=C1CO[C@@H]2CN(Cc3cnc4ccccc4c3)CC[C@@]2(c2ccccc2)N1. The number of amides is 1. The van der Waals surface area contributed by atoms with E-state index in [-0.39, 0.29) is 18.6 Å². The van der Waals surface area contributed by atoms with E-state index in [2.05, 4.69) is 39.5 Å². The fourth-order valence-corrected chi connectivity index (χ4v) is 4.52. The first-order chi connectivity index (χ1) is 13.7.